The largest absolute Gasteiger partial charge is 0.486 e. The molecule has 2 aromatic carbocycles. The summed E-state index contributed by atoms with van der Waals surface area (Å²) in [4.78, 5) is 13.0. The Morgan fingerprint density at radius 3 is 2.64 bits per heavy atom. The van der Waals surface area contributed by atoms with E-state index in [1.807, 2.05) is 34.9 Å². The molecule has 2 heterocycles. The van der Waals surface area contributed by atoms with Crippen LogP contribution in [0.3, 0.4) is 0 Å². The van der Waals surface area contributed by atoms with Gasteiger partial charge in [-0.1, -0.05) is 41.4 Å². The van der Waals surface area contributed by atoms with Crippen LogP contribution in [-0.4, -0.2) is 36.3 Å². The molecular formula is C21H20Cl2N2O3. The Morgan fingerprint density at radius 2 is 1.96 bits per heavy atom. The number of aromatic nitrogens is 1. The lowest BCUT2D eigenvalue weighted by Crippen LogP contribution is -2.21. The van der Waals surface area contributed by atoms with Gasteiger partial charge >= 0.3 is 5.97 Å². The zero-order chi connectivity index (χ0) is 19.7. The smallest absolute Gasteiger partial charge is 0.359 e. The van der Waals surface area contributed by atoms with Crippen LogP contribution in [0.15, 0.2) is 42.5 Å². The number of rotatable bonds is 5. The van der Waals surface area contributed by atoms with E-state index < -0.39 is 5.97 Å². The van der Waals surface area contributed by atoms with Crippen molar-refractivity contribution in [2.75, 3.05) is 19.7 Å². The molecule has 1 N–H and O–H groups in total. The highest BCUT2D eigenvalue weighted by Crippen LogP contribution is 2.41. The number of carbonyl (C=O) groups excluding carboxylic acids is 1. The number of halogens is 2. The molecule has 1 saturated heterocycles. The lowest BCUT2D eigenvalue weighted by Gasteiger charge is -2.15. The fourth-order valence-electron chi connectivity index (χ4n) is 3.50. The number of hydrogen-bond acceptors (Lipinski definition) is 4. The minimum Gasteiger partial charge on any atom is -0.486 e. The lowest BCUT2D eigenvalue weighted by atomic mass is 10.2. The summed E-state index contributed by atoms with van der Waals surface area (Å²) in [6, 6.07) is 13.1. The molecule has 3 aromatic rings. The molecule has 0 saturated carbocycles. The summed E-state index contributed by atoms with van der Waals surface area (Å²) >= 11 is 12.6. The maximum Gasteiger partial charge on any atom is 0.359 e. The van der Waals surface area contributed by atoms with Crippen molar-refractivity contribution in [2.45, 2.75) is 19.4 Å². The van der Waals surface area contributed by atoms with E-state index in [2.05, 4.69) is 5.32 Å². The SMILES string of the molecule is CCOC(=O)c1c(OC2CCNC2)c2cc(Cl)c(Cl)cc2n1-c1ccccc1. The Hall–Kier alpha value is -2.21. The van der Waals surface area contributed by atoms with Gasteiger partial charge in [-0.05, 0) is 44.2 Å². The van der Waals surface area contributed by atoms with Crippen molar-refractivity contribution in [1.29, 1.82) is 0 Å². The van der Waals surface area contributed by atoms with Gasteiger partial charge in [-0.2, -0.15) is 0 Å². The zero-order valence-corrected chi connectivity index (χ0v) is 16.9. The molecule has 1 unspecified atom stereocenters. The number of nitrogens with zero attached hydrogens (tertiary/aromatic N) is 1. The molecule has 0 aliphatic carbocycles. The first-order valence-corrected chi connectivity index (χ1v) is 9.99. The fraction of sp³-hybridized carbons (Fsp3) is 0.286. The van der Waals surface area contributed by atoms with Gasteiger partial charge in [0.05, 0.1) is 22.2 Å². The molecule has 28 heavy (non-hydrogen) atoms. The number of carbonyl (C=O) groups is 1. The predicted octanol–water partition coefficient (Wildman–Crippen LogP) is 4.85. The van der Waals surface area contributed by atoms with Crippen LogP contribution in [0.1, 0.15) is 23.8 Å². The third-order valence-corrected chi connectivity index (χ3v) is 5.47. The Balaban J connectivity index is 2.01. The fourth-order valence-corrected chi connectivity index (χ4v) is 3.82. The van der Waals surface area contributed by atoms with Crippen molar-refractivity contribution < 1.29 is 14.3 Å². The summed E-state index contributed by atoms with van der Waals surface area (Å²) in [5.41, 5.74) is 1.89. The quantitative estimate of drug-likeness (QED) is 0.601. The van der Waals surface area contributed by atoms with Gasteiger partial charge in [0.1, 0.15) is 6.10 Å². The molecule has 1 fully saturated rings. The van der Waals surface area contributed by atoms with Crippen molar-refractivity contribution in [1.82, 2.24) is 9.88 Å². The second kappa shape index (κ2) is 8.03. The maximum absolute atomic E-state index is 13.0. The van der Waals surface area contributed by atoms with E-state index in [9.17, 15) is 4.79 Å². The molecule has 1 aromatic heterocycles. The van der Waals surface area contributed by atoms with Crippen LogP contribution in [-0.2, 0) is 4.74 Å². The standard InChI is InChI=1S/C21H20Cl2N2O3/c1-2-27-21(26)19-20(28-14-8-9-24-12-14)15-10-16(22)17(23)11-18(15)25(19)13-6-4-3-5-7-13/h3-7,10-11,14,24H,2,8-9,12H2,1H3. The summed E-state index contributed by atoms with van der Waals surface area (Å²) in [6.45, 7) is 3.65. The molecule has 0 bridgehead atoms. The normalized spacial score (nSPS) is 16.5. The second-order valence-corrected chi connectivity index (χ2v) is 7.40. The van der Waals surface area contributed by atoms with Gasteiger partial charge < -0.3 is 19.4 Å². The van der Waals surface area contributed by atoms with Gasteiger partial charge in [0, 0.05) is 17.6 Å². The molecule has 1 atom stereocenters. The molecule has 146 valence electrons. The monoisotopic (exact) mass is 418 g/mol. The summed E-state index contributed by atoms with van der Waals surface area (Å²) in [5, 5.41) is 4.83. The van der Waals surface area contributed by atoms with E-state index in [1.54, 1.807) is 19.1 Å². The first-order chi connectivity index (χ1) is 13.6. The number of hydrogen-bond donors (Lipinski definition) is 1. The number of nitrogens with one attached hydrogen (secondary N) is 1. The average molecular weight is 419 g/mol. The van der Waals surface area contributed by atoms with E-state index in [1.165, 1.54) is 0 Å². The van der Waals surface area contributed by atoms with E-state index in [-0.39, 0.29) is 12.7 Å². The first-order valence-electron chi connectivity index (χ1n) is 9.23. The van der Waals surface area contributed by atoms with Gasteiger partial charge in [0.25, 0.3) is 0 Å². The Bertz CT molecular complexity index is 1010. The molecule has 0 amide bonds. The minimum absolute atomic E-state index is 0.0301. The van der Waals surface area contributed by atoms with E-state index in [0.29, 0.717) is 21.5 Å². The van der Waals surface area contributed by atoms with Gasteiger partial charge in [-0.3, -0.25) is 0 Å². The van der Waals surface area contributed by atoms with Crippen molar-refractivity contribution >= 4 is 40.1 Å². The van der Waals surface area contributed by atoms with E-state index in [4.69, 9.17) is 32.7 Å². The minimum atomic E-state index is -0.448. The number of fused-ring (bicyclic) bond motifs is 1. The van der Waals surface area contributed by atoms with Crippen molar-refractivity contribution in [3.05, 3.63) is 58.2 Å². The highest BCUT2D eigenvalue weighted by atomic mass is 35.5. The second-order valence-electron chi connectivity index (χ2n) is 6.59. The topological polar surface area (TPSA) is 52.5 Å². The number of esters is 1. The predicted molar refractivity (Wildman–Crippen MR) is 111 cm³/mol. The van der Waals surface area contributed by atoms with Crippen LogP contribution in [0.5, 0.6) is 5.75 Å². The van der Waals surface area contributed by atoms with Gasteiger partial charge in [0.2, 0.25) is 0 Å². The Kier molecular flexibility index (Phi) is 5.49. The molecule has 0 radical (unpaired) electrons. The lowest BCUT2D eigenvalue weighted by molar-refractivity contribution is 0.0510. The van der Waals surface area contributed by atoms with E-state index >= 15 is 0 Å². The zero-order valence-electron chi connectivity index (χ0n) is 15.4. The maximum atomic E-state index is 13.0. The average Bonchev–Trinajstić information content (AvgIpc) is 3.30. The van der Waals surface area contributed by atoms with Crippen LogP contribution >= 0.6 is 23.2 Å². The third kappa shape index (κ3) is 3.46. The van der Waals surface area contributed by atoms with Gasteiger partial charge in [-0.15, -0.1) is 0 Å². The first kappa shape index (κ1) is 19.1. The number of benzene rings is 2. The summed E-state index contributed by atoms with van der Waals surface area (Å²) in [7, 11) is 0. The van der Waals surface area contributed by atoms with Crippen LogP contribution in [0.2, 0.25) is 10.0 Å². The summed E-state index contributed by atoms with van der Waals surface area (Å²) in [6.07, 6.45) is 0.833. The highest BCUT2D eigenvalue weighted by Gasteiger charge is 2.29. The number of para-hydroxylation sites is 1. The van der Waals surface area contributed by atoms with E-state index in [0.717, 1.165) is 36.1 Å². The third-order valence-electron chi connectivity index (χ3n) is 4.75. The number of ether oxygens (including phenoxy) is 2. The van der Waals surface area contributed by atoms with Gasteiger partial charge in [0.15, 0.2) is 11.4 Å². The molecule has 1 aliphatic rings. The Morgan fingerprint density at radius 1 is 1.21 bits per heavy atom. The molecule has 5 nitrogen and oxygen atoms in total. The molecule has 1 aliphatic heterocycles. The summed E-state index contributed by atoms with van der Waals surface area (Å²) in [5.74, 6) is 0.0281. The molecule has 0 spiro atoms. The van der Waals surface area contributed by atoms with Crippen LogP contribution < -0.4 is 10.1 Å². The van der Waals surface area contributed by atoms with Crippen molar-refractivity contribution in [3.8, 4) is 11.4 Å². The summed E-state index contributed by atoms with van der Waals surface area (Å²) < 4.78 is 13.5. The molecule has 4 rings (SSSR count). The van der Waals surface area contributed by atoms with Crippen LogP contribution in [0, 0.1) is 0 Å². The molecular weight excluding hydrogens is 399 g/mol. The van der Waals surface area contributed by atoms with Gasteiger partial charge in [-0.25, -0.2) is 4.79 Å². The van der Waals surface area contributed by atoms with Crippen LogP contribution in [0.4, 0.5) is 0 Å². The van der Waals surface area contributed by atoms with Crippen molar-refractivity contribution in [2.24, 2.45) is 0 Å². The Labute approximate surface area is 173 Å². The van der Waals surface area contributed by atoms with Crippen LogP contribution in [0.25, 0.3) is 16.6 Å². The molecule has 7 heteroatoms. The van der Waals surface area contributed by atoms with Crippen molar-refractivity contribution in [3.63, 3.8) is 0 Å². The highest BCUT2D eigenvalue weighted by molar-refractivity contribution is 6.43.